The number of rotatable bonds is 6. The molecule has 0 spiro atoms. The third-order valence-corrected chi connectivity index (χ3v) is 3.07. The topological polar surface area (TPSA) is 75.6 Å². The van der Waals surface area contributed by atoms with Crippen LogP contribution in [0.4, 0.5) is 0 Å². The molecule has 17 heavy (non-hydrogen) atoms. The monoisotopic (exact) mass is 257 g/mol. The summed E-state index contributed by atoms with van der Waals surface area (Å²) in [5, 5.41) is 13.0. The van der Waals surface area contributed by atoms with E-state index in [1.807, 2.05) is 13.8 Å². The molecule has 1 aromatic rings. The Kier molecular flexibility index (Phi) is 4.96. The molecule has 0 aromatic carbocycles. The lowest BCUT2D eigenvalue weighted by molar-refractivity contribution is -0.123. The van der Waals surface area contributed by atoms with Gasteiger partial charge in [-0.05, 0) is 13.3 Å². The number of hydrogen-bond acceptors (Lipinski definition) is 4. The number of thiophene rings is 1. The maximum absolute atomic E-state index is 11.4. The maximum Gasteiger partial charge on any atom is 0.346 e. The molecule has 1 heterocycles. The number of carboxylic acid groups (broad SMARTS) is 1. The first-order valence-corrected chi connectivity index (χ1v) is 6.15. The van der Waals surface area contributed by atoms with Crippen molar-refractivity contribution in [3.63, 3.8) is 0 Å². The van der Waals surface area contributed by atoms with Gasteiger partial charge < -0.3 is 15.2 Å². The van der Waals surface area contributed by atoms with Crippen LogP contribution in [-0.2, 0) is 4.79 Å². The molecule has 5 nitrogen and oxygen atoms in total. The first-order chi connectivity index (χ1) is 8.02. The van der Waals surface area contributed by atoms with E-state index in [0.717, 1.165) is 17.8 Å². The van der Waals surface area contributed by atoms with Gasteiger partial charge in [0, 0.05) is 17.5 Å². The van der Waals surface area contributed by atoms with Crippen molar-refractivity contribution in [3.8, 4) is 5.75 Å². The van der Waals surface area contributed by atoms with Gasteiger partial charge in [-0.3, -0.25) is 4.79 Å². The van der Waals surface area contributed by atoms with E-state index >= 15 is 0 Å². The highest BCUT2D eigenvalue weighted by Gasteiger charge is 2.10. The molecular formula is C11H15NO4S. The maximum atomic E-state index is 11.4. The van der Waals surface area contributed by atoms with Crippen LogP contribution < -0.4 is 10.1 Å². The Balaban J connectivity index is 2.39. The van der Waals surface area contributed by atoms with E-state index in [2.05, 4.69) is 5.32 Å². The lowest BCUT2D eigenvalue weighted by Gasteiger charge is -2.11. The highest BCUT2D eigenvalue weighted by molar-refractivity contribution is 7.12. The molecule has 6 heteroatoms. The molecule has 0 aliphatic carbocycles. The van der Waals surface area contributed by atoms with Crippen molar-refractivity contribution in [2.75, 3.05) is 6.61 Å². The van der Waals surface area contributed by atoms with Crippen molar-refractivity contribution in [1.82, 2.24) is 5.32 Å². The molecule has 1 amide bonds. The SMILES string of the molecule is CCC(C)NC(=O)COc1csc(C(=O)O)c1. The first kappa shape index (κ1) is 13.5. The van der Waals surface area contributed by atoms with Crippen LogP contribution >= 0.6 is 11.3 Å². The molecule has 2 N–H and O–H groups in total. The highest BCUT2D eigenvalue weighted by Crippen LogP contribution is 2.21. The standard InChI is InChI=1S/C11H15NO4S/c1-3-7(2)12-10(13)5-16-8-4-9(11(14)15)17-6-8/h4,6-7H,3,5H2,1-2H3,(H,12,13)(H,14,15). The van der Waals surface area contributed by atoms with Gasteiger partial charge >= 0.3 is 5.97 Å². The molecule has 1 atom stereocenters. The molecule has 94 valence electrons. The smallest absolute Gasteiger partial charge is 0.346 e. The van der Waals surface area contributed by atoms with Crippen LogP contribution in [0.2, 0.25) is 0 Å². The first-order valence-electron chi connectivity index (χ1n) is 5.27. The van der Waals surface area contributed by atoms with Crippen LogP contribution in [0.5, 0.6) is 5.75 Å². The summed E-state index contributed by atoms with van der Waals surface area (Å²) in [5.41, 5.74) is 0. The number of carbonyl (C=O) groups excluding carboxylic acids is 1. The number of carbonyl (C=O) groups is 2. The van der Waals surface area contributed by atoms with Crippen LogP contribution in [0.3, 0.4) is 0 Å². The number of carboxylic acids is 1. The summed E-state index contributed by atoms with van der Waals surface area (Å²) in [6, 6.07) is 1.52. The van der Waals surface area contributed by atoms with Crippen LogP contribution in [0.25, 0.3) is 0 Å². The van der Waals surface area contributed by atoms with Gasteiger partial charge in [-0.1, -0.05) is 6.92 Å². The minimum Gasteiger partial charge on any atom is -0.483 e. The van der Waals surface area contributed by atoms with Gasteiger partial charge in [-0.15, -0.1) is 11.3 Å². The lowest BCUT2D eigenvalue weighted by atomic mass is 10.2. The van der Waals surface area contributed by atoms with Gasteiger partial charge in [-0.25, -0.2) is 4.79 Å². The Morgan fingerprint density at radius 2 is 2.29 bits per heavy atom. The van der Waals surface area contributed by atoms with Crippen LogP contribution in [0.1, 0.15) is 29.9 Å². The summed E-state index contributed by atoms with van der Waals surface area (Å²) in [5.74, 6) is -0.789. The van der Waals surface area contributed by atoms with Crippen molar-refractivity contribution < 1.29 is 19.4 Å². The van der Waals surface area contributed by atoms with E-state index in [4.69, 9.17) is 9.84 Å². The molecule has 1 aromatic heterocycles. The van der Waals surface area contributed by atoms with Crippen LogP contribution in [-0.4, -0.2) is 29.6 Å². The summed E-state index contributed by atoms with van der Waals surface area (Å²) in [7, 11) is 0. The van der Waals surface area contributed by atoms with Crippen molar-refractivity contribution in [2.24, 2.45) is 0 Å². The van der Waals surface area contributed by atoms with Crippen molar-refractivity contribution in [3.05, 3.63) is 16.3 Å². The largest absolute Gasteiger partial charge is 0.483 e. The van der Waals surface area contributed by atoms with Gasteiger partial charge in [0.05, 0.1) is 0 Å². The fourth-order valence-electron chi connectivity index (χ4n) is 1.07. The summed E-state index contributed by atoms with van der Waals surface area (Å²) in [6.07, 6.45) is 0.855. The number of aromatic carboxylic acids is 1. The number of hydrogen-bond donors (Lipinski definition) is 2. The zero-order valence-corrected chi connectivity index (χ0v) is 10.5. The molecule has 1 unspecified atom stereocenters. The van der Waals surface area contributed by atoms with Gasteiger partial charge in [0.15, 0.2) is 6.61 Å². The van der Waals surface area contributed by atoms with E-state index in [1.54, 1.807) is 5.38 Å². The summed E-state index contributed by atoms with van der Waals surface area (Å²) < 4.78 is 5.18. The molecule has 0 bridgehead atoms. The second-order valence-corrected chi connectivity index (χ2v) is 4.53. The van der Waals surface area contributed by atoms with Gasteiger partial charge in [0.1, 0.15) is 10.6 Å². The van der Waals surface area contributed by atoms with Crippen molar-refractivity contribution in [2.45, 2.75) is 26.3 Å². The molecule has 0 aliphatic heterocycles. The van der Waals surface area contributed by atoms with E-state index in [9.17, 15) is 9.59 Å². The minimum absolute atomic E-state index is 0.0971. The summed E-state index contributed by atoms with van der Waals surface area (Å²) in [6.45, 7) is 3.79. The average Bonchev–Trinajstić information content (AvgIpc) is 2.75. The summed E-state index contributed by atoms with van der Waals surface area (Å²) >= 11 is 1.07. The summed E-state index contributed by atoms with van der Waals surface area (Å²) in [4.78, 5) is 22.2. The second kappa shape index (κ2) is 6.24. The molecule has 0 saturated carbocycles. The number of amides is 1. The number of nitrogens with one attached hydrogen (secondary N) is 1. The third-order valence-electron chi connectivity index (χ3n) is 2.18. The molecule has 0 aliphatic rings. The molecule has 0 saturated heterocycles. The fourth-order valence-corrected chi connectivity index (χ4v) is 1.74. The zero-order valence-electron chi connectivity index (χ0n) is 9.73. The van der Waals surface area contributed by atoms with Gasteiger partial charge in [0.2, 0.25) is 0 Å². The van der Waals surface area contributed by atoms with E-state index < -0.39 is 5.97 Å². The normalized spacial score (nSPS) is 11.9. The quantitative estimate of drug-likeness (QED) is 0.814. The molecule has 0 fully saturated rings. The number of ether oxygens (including phenoxy) is 1. The Hall–Kier alpha value is -1.56. The Morgan fingerprint density at radius 1 is 1.59 bits per heavy atom. The Labute approximate surface area is 103 Å². The molecule has 1 rings (SSSR count). The van der Waals surface area contributed by atoms with E-state index in [0.29, 0.717) is 5.75 Å². The van der Waals surface area contributed by atoms with E-state index in [1.165, 1.54) is 6.07 Å². The molecular weight excluding hydrogens is 242 g/mol. The predicted octanol–water partition coefficient (Wildman–Crippen LogP) is 1.74. The Morgan fingerprint density at radius 3 is 2.82 bits per heavy atom. The highest BCUT2D eigenvalue weighted by atomic mass is 32.1. The lowest BCUT2D eigenvalue weighted by Crippen LogP contribution is -2.35. The second-order valence-electron chi connectivity index (χ2n) is 3.62. The van der Waals surface area contributed by atoms with Crippen LogP contribution in [0.15, 0.2) is 11.4 Å². The van der Waals surface area contributed by atoms with E-state index in [-0.39, 0.29) is 23.4 Å². The van der Waals surface area contributed by atoms with Crippen molar-refractivity contribution in [1.29, 1.82) is 0 Å². The zero-order chi connectivity index (χ0) is 12.8. The fraction of sp³-hybridized carbons (Fsp3) is 0.455. The third kappa shape index (κ3) is 4.44. The van der Waals surface area contributed by atoms with Gasteiger partial charge in [0.25, 0.3) is 5.91 Å². The Bertz CT molecular complexity index is 402. The van der Waals surface area contributed by atoms with Gasteiger partial charge in [-0.2, -0.15) is 0 Å². The average molecular weight is 257 g/mol. The van der Waals surface area contributed by atoms with Crippen molar-refractivity contribution >= 4 is 23.2 Å². The molecule has 0 radical (unpaired) electrons. The predicted molar refractivity (Wildman–Crippen MR) is 64.7 cm³/mol. The minimum atomic E-state index is -0.992. The van der Waals surface area contributed by atoms with Crippen LogP contribution in [0, 0.1) is 0 Å².